The van der Waals surface area contributed by atoms with Gasteiger partial charge >= 0.3 is 11.9 Å². The molecular weight excluding hydrogens is 468 g/mol. The lowest BCUT2D eigenvalue weighted by atomic mass is 9.80. The van der Waals surface area contributed by atoms with Crippen molar-refractivity contribution in [2.75, 3.05) is 13.2 Å². The Morgan fingerprint density at radius 3 is 1.77 bits per heavy atom. The monoisotopic (exact) mass is 498 g/mol. The number of aryl methyl sites for hydroxylation is 1. The summed E-state index contributed by atoms with van der Waals surface area (Å²) in [5.41, 5.74) is 2.50. The third-order valence-corrected chi connectivity index (χ3v) is 7.01. The largest absolute Gasteiger partial charge is 0.463 e. The maximum absolute atomic E-state index is 13.2. The van der Waals surface area contributed by atoms with E-state index in [-0.39, 0.29) is 29.3 Å². The molecule has 1 heterocycles. The molecule has 0 radical (unpaired) electrons. The molecule has 2 aromatic carbocycles. The molecule has 0 spiro atoms. The summed E-state index contributed by atoms with van der Waals surface area (Å²) in [5, 5.41) is 1.24. The van der Waals surface area contributed by atoms with Crippen molar-refractivity contribution >= 4 is 22.0 Å². The summed E-state index contributed by atoms with van der Waals surface area (Å²) in [4.78, 5) is 28.9. The molecule has 2 aromatic rings. The second-order valence-corrected chi connectivity index (χ2v) is 9.69. The first-order valence-electron chi connectivity index (χ1n) is 11.3. The molecule has 0 amide bonds. The van der Waals surface area contributed by atoms with E-state index in [0.717, 1.165) is 5.56 Å². The number of hydrogen-bond acceptors (Lipinski definition) is 7. The van der Waals surface area contributed by atoms with Gasteiger partial charge in [0.2, 0.25) is 0 Å². The van der Waals surface area contributed by atoms with Crippen LogP contribution in [0.25, 0.3) is 0 Å². The number of carbonyl (C=O) groups excluding carboxylic acids is 2. The Bertz CT molecular complexity index is 1220. The normalized spacial score (nSPS) is 14.8. The highest BCUT2D eigenvalue weighted by atomic mass is 32.2. The first-order valence-corrected chi connectivity index (χ1v) is 12.8. The molecule has 9 heteroatoms. The maximum atomic E-state index is 13.2. The summed E-state index contributed by atoms with van der Waals surface area (Å²) < 4.78 is 37.1. The molecule has 186 valence electrons. The van der Waals surface area contributed by atoms with Gasteiger partial charge in [-0.25, -0.2) is 18.0 Å². The van der Waals surface area contributed by atoms with Gasteiger partial charge in [0, 0.05) is 11.4 Å². The highest BCUT2D eigenvalue weighted by Gasteiger charge is 2.41. The van der Waals surface area contributed by atoms with Crippen molar-refractivity contribution in [3.63, 3.8) is 0 Å². The van der Waals surface area contributed by atoms with Crippen molar-refractivity contribution < 1.29 is 27.5 Å². The zero-order valence-electron chi connectivity index (χ0n) is 20.5. The Morgan fingerprint density at radius 1 is 0.829 bits per heavy atom. The third-order valence-electron chi connectivity index (χ3n) is 5.69. The Hall–Kier alpha value is -3.43. The molecule has 0 atom stereocenters. The van der Waals surface area contributed by atoms with Gasteiger partial charge in [-0.1, -0.05) is 48.0 Å². The molecule has 0 saturated carbocycles. The van der Waals surface area contributed by atoms with E-state index in [1.165, 1.54) is 17.1 Å². The average Bonchev–Trinajstić information content (AvgIpc) is 2.82. The minimum absolute atomic E-state index is 0.0456. The van der Waals surface area contributed by atoms with E-state index in [1.807, 2.05) is 13.0 Å². The molecule has 0 aromatic heterocycles. The average molecular weight is 499 g/mol. The molecule has 0 unspecified atom stereocenters. The van der Waals surface area contributed by atoms with Crippen molar-refractivity contribution in [2.45, 2.75) is 45.4 Å². The van der Waals surface area contributed by atoms with E-state index in [0.29, 0.717) is 17.0 Å². The van der Waals surface area contributed by atoms with Gasteiger partial charge < -0.3 is 9.47 Å². The second kappa shape index (κ2) is 10.9. The molecule has 0 fully saturated rings. The first kappa shape index (κ1) is 26.2. The van der Waals surface area contributed by atoms with Crippen molar-refractivity contribution in [1.29, 1.82) is 0 Å². The zero-order chi connectivity index (χ0) is 25.8. The summed E-state index contributed by atoms with van der Waals surface area (Å²) in [6.07, 6.45) is 0. The topological polar surface area (TPSA) is 102 Å². The second-order valence-electron chi connectivity index (χ2n) is 8.03. The number of nitrogens with zero attached hydrogens (tertiary/aromatic N) is 1. The van der Waals surface area contributed by atoms with E-state index < -0.39 is 27.9 Å². The summed E-state index contributed by atoms with van der Waals surface area (Å²) in [5.74, 6) is -2.09. The van der Waals surface area contributed by atoms with E-state index in [9.17, 15) is 18.0 Å². The SMILES string of the molecule is CCOC(=O)C1=C(C)N(NS(=O)(=O)c2ccc(C)cc2)C(C)=C(C(=O)OCC)C1c1ccccc1. The first-order chi connectivity index (χ1) is 16.6. The van der Waals surface area contributed by atoms with Gasteiger partial charge in [-0.2, -0.15) is 0 Å². The van der Waals surface area contributed by atoms with Crippen molar-refractivity contribution in [3.05, 3.63) is 88.3 Å². The number of ether oxygens (including phenoxy) is 2. The Balaban J connectivity index is 2.22. The lowest BCUT2D eigenvalue weighted by Gasteiger charge is -2.37. The van der Waals surface area contributed by atoms with Gasteiger partial charge in [0.05, 0.1) is 35.2 Å². The summed E-state index contributed by atoms with van der Waals surface area (Å²) in [6, 6.07) is 15.4. The quantitative estimate of drug-likeness (QED) is 0.550. The van der Waals surface area contributed by atoms with Crippen molar-refractivity contribution in [3.8, 4) is 0 Å². The molecule has 0 saturated heterocycles. The standard InChI is InChI=1S/C26H30N2O6S/c1-6-33-25(29)22-18(4)28(27-35(31,32)21-15-13-17(3)14-16-21)19(5)23(26(30)34-7-2)24(22)20-11-9-8-10-12-20/h8-16,24,27H,6-7H2,1-5H3. The van der Waals surface area contributed by atoms with Gasteiger partial charge in [-0.15, -0.1) is 4.83 Å². The summed E-state index contributed by atoms with van der Waals surface area (Å²) in [7, 11) is -4.04. The summed E-state index contributed by atoms with van der Waals surface area (Å²) in [6.45, 7) is 8.68. The number of allylic oxidation sites excluding steroid dienone is 2. The van der Waals surface area contributed by atoms with E-state index in [4.69, 9.17) is 9.47 Å². The van der Waals surface area contributed by atoms with Crippen LogP contribution in [0.3, 0.4) is 0 Å². The molecule has 1 aliphatic heterocycles. The van der Waals surface area contributed by atoms with Crippen LogP contribution in [0.1, 0.15) is 44.7 Å². The van der Waals surface area contributed by atoms with Crippen LogP contribution >= 0.6 is 0 Å². The van der Waals surface area contributed by atoms with Crippen LogP contribution in [0.15, 0.2) is 82.0 Å². The fourth-order valence-corrected chi connectivity index (χ4v) is 5.12. The molecular formula is C26H30N2O6S. The van der Waals surface area contributed by atoms with Crippen molar-refractivity contribution in [2.24, 2.45) is 0 Å². The molecule has 0 aliphatic carbocycles. The van der Waals surface area contributed by atoms with Crippen LogP contribution in [0, 0.1) is 6.92 Å². The molecule has 1 aliphatic rings. The van der Waals surface area contributed by atoms with Crippen LogP contribution in [0.4, 0.5) is 0 Å². The van der Waals surface area contributed by atoms with E-state index in [2.05, 4.69) is 4.83 Å². The van der Waals surface area contributed by atoms with Gasteiger partial charge in [0.25, 0.3) is 10.0 Å². The number of benzene rings is 2. The van der Waals surface area contributed by atoms with E-state index in [1.54, 1.807) is 64.1 Å². The van der Waals surface area contributed by atoms with Gasteiger partial charge in [0.15, 0.2) is 0 Å². The van der Waals surface area contributed by atoms with Gasteiger partial charge in [-0.05, 0) is 52.3 Å². The lowest BCUT2D eigenvalue weighted by Crippen LogP contribution is -2.45. The maximum Gasteiger partial charge on any atom is 0.336 e. The number of hydrazine groups is 1. The smallest absolute Gasteiger partial charge is 0.336 e. The Labute approximate surface area is 206 Å². The van der Waals surface area contributed by atoms with Gasteiger partial charge in [-0.3, -0.25) is 5.01 Å². The zero-order valence-corrected chi connectivity index (χ0v) is 21.3. The van der Waals surface area contributed by atoms with Crippen LogP contribution in [-0.4, -0.2) is 38.6 Å². The number of sulfonamides is 1. The van der Waals surface area contributed by atoms with Crippen LogP contribution < -0.4 is 4.83 Å². The summed E-state index contributed by atoms with van der Waals surface area (Å²) >= 11 is 0. The number of carbonyl (C=O) groups is 2. The van der Waals surface area contributed by atoms with Gasteiger partial charge in [0.1, 0.15) is 0 Å². The molecule has 3 rings (SSSR count). The Kier molecular flexibility index (Phi) is 8.14. The fourth-order valence-electron chi connectivity index (χ4n) is 4.01. The van der Waals surface area contributed by atoms with Crippen LogP contribution in [-0.2, 0) is 29.1 Å². The minimum atomic E-state index is -4.04. The highest BCUT2D eigenvalue weighted by Crippen LogP contribution is 2.42. The Morgan fingerprint density at radius 2 is 1.31 bits per heavy atom. The fraction of sp³-hybridized carbons (Fsp3) is 0.308. The predicted octanol–water partition coefficient (Wildman–Crippen LogP) is 3.96. The molecule has 35 heavy (non-hydrogen) atoms. The van der Waals surface area contributed by atoms with E-state index >= 15 is 0 Å². The molecule has 8 nitrogen and oxygen atoms in total. The van der Waals surface area contributed by atoms with Crippen LogP contribution in [0.2, 0.25) is 0 Å². The number of rotatable bonds is 8. The highest BCUT2D eigenvalue weighted by molar-refractivity contribution is 7.89. The van der Waals surface area contributed by atoms with Crippen LogP contribution in [0.5, 0.6) is 0 Å². The van der Waals surface area contributed by atoms with Crippen molar-refractivity contribution in [1.82, 2.24) is 9.84 Å². The minimum Gasteiger partial charge on any atom is -0.463 e. The number of nitrogens with one attached hydrogen (secondary N) is 1. The molecule has 1 N–H and O–H groups in total. The molecule has 0 bridgehead atoms. The third kappa shape index (κ3) is 5.47. The number of hydrogen-bond donors (Lipinski definition) is 1. The number of esters is 2. The predicted molar refractivity (Wildman–Crippen MR) is 131 cm³/mol. The lowest BCUT2D eigenvalue weighted by molar-refractivity contribution is -0.139.